The van der Waals surface area contributed by atoms with E-state index in [1.165, 1.54) is 5.57 Å². The lowest BCUT2D eigenvalue weighted by Gasteiger charge is -2.21. The second-order valence-corrected chi connectivity index (χ2v) is 5.60. The van der Waals surface area contributed by atoms with Crippen LogP contribution in [0.5, 0.6) is 0 Å². The fourth-order valence-corrected chi connectivity index (χ4v) is 2.40. The van der Waals surface area contributed by atoms with E-state index in [0.717, 1.165) is 18.5 Å². The molecular formula is C24H42N2O2. The Kier molecular flexibility index (Phi) is 19.8. The summed E-state index contributed by atoms with van der Waals surface area (Å²) in [5.74, 6) is 0. The maximum Gasteiger partial charge on any atom is 0.410 e. The molecule has 0 radical (unpaired) electrons. The predicted molar refractivity (Wildman–Crippen MR) is 123 cm³/mol. The van der Waals surface area contributed by atoms with Crippen molar-refractivity contribution in [2.75, 3.05) is 26.7 Å². The number of cyclic esters (lactones) is 1. The Labute approximate surface area is 173 Å². The van der Waals surface area contributed by atoms with E-state index in [1.807, 2.05) is 72.0 Å². The number of nitrogens with one attached hydrogen (secondary N) is 1. The third-order valence-corrected chi connectivity index (χ3v) is 3.86. The Morgan fingerprint density at radius 1 is 1.21 bits per heavy atom. The first-order chi connectivity index (χ1) is 13.6. The van der Waals surface area contributed by atoms with Crippen molar-refractivity contribution < 1.29 is 9.53 Å². The minimum Gasteiger partial charge on any atom is -0.448 e. The third-order valence-electron chi connectivity index (χ3n) is 3.86. The minimum atomic E-state index is -0.207. The molecule has 4 nitrogen and oxygen atoms in total. The van der Waals surface area contributed by atoms with E-state index in [4.69, 9.17) is 4.74 Å². The zero-order valence-electron chi connectivity index (χ0n) is 19.3. The van der Waals surface area contributed by atoms with Crippen LogP contribution in [0.25, 0.3) is 0 Å². The second-order valence-electron chi connectivity index (χ2n) is 5.60. The largest absolute Gasteiger partial charge is 0.448 e. The number of amides is 1. The van der Waals surface area contributed by atoms with Crippen LogP contribution in [0.15, 0.2) is 54.1 Å². The standard InChI is InChI=1S/C11H13NO2.C9H17N.2C2H6/c1-9(10-5-3-2-4-6-10)12-7-8-14-11(12)13;1-4-6-7-9(5-2)8-10-3;2*1-2/h2-6,9H,7-8H2,1H3;5-7,10H,4,8H2,1-3H3;2*1-2H3/b;7-6-,9-5+;;. The van der Waals surface area contributed by atoms with Gasteiger partial charge in [-0.3, -0.25) is 4.90 Å². The van der Waals surface area contributed by atoms with Gasteiger partial charge in [-0.05, 0) is 38.5 Å². The molecule has 0 spiro atoms. The van der Waals surface area contributed by atoms with Crippen LogP contribution in [0.2, 0.25) is 0 Å². The quantitative estimate of drug-likeness (QED) is 0.574. The van der Waals surface area contributed by atoms with Crippen molar-refractivity contribution in [3.63, 3.8) is 0 Å². The lowest BCUT2D eigenvalue weighted by Crippen LogP contribution is -2.27. The Balaban J connectivity index is 0. The fourth-order valence-electron chi connectivity index (χ4n) is 2.40. The summed E-state index contributed by atoms with van der Waals surface area (Å²) in [5, 5.41) is 3.11. The molecule has 1 fully saturated rings. The van der Waals surface area contributed by atoms with Gasteiger partial charge in [-0.15, -0.1) is 0 Å². The van der Waals surface area contributed by atoms with Crippen LogP contribution >= 0.6 is 0 Å². The summed E-state index contributed by atoms with van der Waals surface area (Å²) >= 11 is 0. The number of hydrogen-bond donors (Lipinski definition) is 1. The van der Waals surface area contributed by atoms with Gasteiger partial charge in [0.1, 0.15) is 6.61 Å². The van der Waals surface area contributed by atoms with E-state index >= 15 is 0 Å². The van der Waals surface area contributed by atoms with Gasteiger partial charge in [0, 0.05) is 6.54 Å². The zero-order valence-corrected chi connectivity index (χ0v) is 19.3. The van der Waals surface area contributed by atoms with Crippen molar-refractivity contribution in [1.82, 2.24) is 10.2 Å². The number of ether oxygens (including phenoxy) is 1. The summed E-state index contributed by atoms with van der Waals surface area (Å²) in [7, 11) is 1.96. The van der Waals surface area contributed by atoms with Gasteiger partial charge in [0.2, 0.25) is 0 Å². The number of nitrogens with zero attached hydrogens (tertiary/aromatic N) is 1. The molecule has 1 aliphatic rings. The van der Waals surface area contributed by atoms with Crippen LogP contribution in [-0.4, -0.2) is 37.7 Å². The van der Waals surface area contributed by atoms with Crippen molar-refractivity contribution in [3.05, 3.63) is 59.7 Å². The number of hydrogen-bond acceptors (Lipinski definition) is 3. The maximum atomic E-state index is 11.3. The van der Waals surface area contributed by atoms with Crippen LogP contribution < -0.4 is 5.32 Å². The molecule has 28 heavy (non-hydrogen) atoms. The van der Waals surface area contributed by atoms with Crippen molar-refractivity contribution >= 4 is 6.09 Å². The average molecular weight is 391 g/mol. The molecule has 0 aliphatic carbocycles. The first-order valence-electron chi connectivity index (χ1n) is 10.6. The van der Waals surface area contributed by atoms with E-state index in [1.54, 1.807) is 4.90 Å². The van der Waals surface area contributed by atoms with E-state index in [-0.39, 0.29) is 12.1 Å². The van der Waals surface area contributed by atoms with Crippen LogP contribution in [-0.2, 0) is 4.74 Å². The van der Waals surface area contributed by atoms with Crippen LogP contribution in [0.4, 0.5) is 4.79 Å². The molecule has 1 unspecified atom stereocenters. The van der Waals surface area contributed by atoms with Gasteiger partial charge in [-0.1, -0.05) is 83.2 Å². The van der Waals surface area contributed by atoms with E-state index < -0.39 is 0 Å². The number of carbonyl (C=O) groups is 1. The summed E-state index contributed by atoms with van der Waals surface area (Å²) in [6.45, 7) is 16.4. The Morgan fingerprint density at radius 2 is 1.82 bits per heavy atom. The van der Waals surface area contributed by atoms with Gasteiger partial charge in [-0.25, -0.2) is 4.79 Å². The molecule has 1 aromatic rings. The molecule has 1 heterocycles. The fraction of sp³-hybridized carbons (Fsp3) is 0.542. The van der Waals surface area contributed by atoms with Crippen molar-refractivity contribution in [2.24, 2.45) is 0 Å². The number of allylic oxidation sites excluding steroid dienone is 2. The van der Waals surface area contributed by atoms with E-state index in [0.29, 0.717) is 13.2 Å². The highest BCUT2D eigenvalue weighted by atomic mass is 16.6. The van der Waals surface area contributed by atoms with Crippen LogP contribution in [0.1, 0.15) is 66.5 Å². The van der Waals surface area contributed by atoms with Gasteiger partial charge in [0.25, 0.3) is 0 Å². The highest BCUT2D eigenvalue weighted by Gasteiger charge is 2.27. The topological polar surface area (TPSA) is 41.6 Å². The Bertz CT molecular complexity index is 539. The Hall–Kier alpha value is -2.07. The molecule has 0 bridgehead atoms. The molecule has 1 amide bonds. The number of rotatable bonds is 6. The first kappa shape index (κ1) is 28.1. The minimum absolute atomic E-state index is 0.103. The molecule has 1 N–H and O–H groups in total. The average Bonchev–Trinajstić information content (AvgIpc) is 3.20. The highest BCUT2D eigenvalue weighted by molar-refractivity contribution is 5.70. The molecular weight excluding hydrogens is 348 g/mol. The normalized spacial score (nSPS) is 14.1. The van der Waals surface area contributed by atoms with Gasteiger partial charge in [0.15, 0.2) is 0 Å². The van der Waals surface area contributed by atoms with Gasteiger partial charge in [0.05, 0.1) is 12.6 Å². The molecule has 4 heteroatoms. The summed E-state index contributed by atoms with van der Waals surface area (Å²) < 4.78 is 4.90. The SMILES string of the molecule is C/C=C(\C=C/CC)CNC.CC.CC.CC(c1ccccc1)N1CCOC1=O. The highest BCUT2D eigenvalue weighted by Crippen LogP contribution is 2.22. The second kappa shape index (κ2) is 19.7. The lowest BCUT2D eigenvalue weighted by molar-refractivity contribution is 0.150. The smallest absolute Gasteiger partial charge is 0.410 e. The summed E-state index contributed by atoms with van der Waals surface area (Å²) in [4.78, 5) is 13.0. The molecule has 0 aromatic heterocycles. The molecule has 1 saturated heterocycles. The van der Waals surface area contributed by atoms with Gasteiger partial charge >= 0.3 is 6.09 Å². The lowest BCUT2D eigenvalue weighted by atomic mass is 10.1. The molecule has 2 rings (SSSR count). The number of likely N-dealkylation sites (N-methyl/N-ethyl adjacent to an activating group) is 1. The summed E-state index contributed by atoms with van der Waals surface area (Å²) in [6.07, 6.45) is 7.37. The van der Waals surface area contributed by atoms with Crippen molar-refractivity contribution in [3.8, 4) is 0 Å². The van der Waals surface area contributed by atoms with Gasteiger partial charge < -0.3 is 10.1 Å². The van der Waals surface area contributed by atoms with Crippen molar-refractivity contribution in [2.45, 2.75) is 60.9 Å². The molecule has 1 aliphatic heterocycles. The van der Waals surface area contributed by atoms with E-state index in [2.05, 4.69) is 37.4 Å². The van der Waals surface area contributed by atoms with Crippen LogP contribution in [0.3, 0.4) is 0 Å². The van der Waals surface area contributed by atoms with Gasteiger partial charge in [-0.2, -0.15) is 0 Å². The summed E-state index contributed by atoms with van der Waals surface area (Å²) in [5.41, 5.74) is 2.50. The van der Waals surface area contributed by atoms with Crippen molar-refractivity contribution in [1.29, 1.82) is 0 Å². The zero-order chi connectivity index (χ0) is 21.8. The molecule has 1 atom stereocenters. The number of carbonyl (C=O) groups excluding carboxylic acids is 1. The molecule has 160 valence electrons. The van der Waals surface area contributed by atoms with Crippen LogP contribution in [0, 0.1) is 0 Å². The molecule has 0 saturated carbocycles. The van der Waals surface area contributed by atoms with E-state index in [9.17, 15) is 4.79 Å². The summed E-state index contributed by atoms with van der Waals surface area (Å²) in [6, 6.07) is 10.1. The number of benzene rings is 1. The predicted octanol–water partition coefficient (Wildman–Crippen LogP) is 6.37. The molecule has 1 aromatic carbocycles. The third kappa shape index (κ3) is 11.6. The maximum absolute atomic E-state index is 11.3. The first-order valence-corrected chi connectivity index (χ1v) is 10.6. The monoisotopic (exact) mass is 390 g/mol. The Morgan fingerprint density at radius 3 is 2.25 bits per heavy atom.